The Morgan fingerprint density at radius 2 is 1.85 bits per heavy atom. The molecule has 0 unspecified atom stereocenters. The fourth-order valence-electron chi connectivity index (χ4n) is 2.42. The largest absolute Gasteiger partial charge is 0.341 e. The van der Waals surface area contributed by atoms with Crippen molar-refractivity contribution in [3.8, 4) is 0 Å². The Morgan fingerprint density at radius 1 is 1.15 bits per heavy atom. The standard InChI is InChI=1S/C18H24N2O3S3/c1-19(14-15-8-10-16(24-3)11-9-15)17(21)6-4-12-20(2)26(22,23)18-7-5-13-25-18/h5,7-11,13H,4,6,12,14H2,1-3H3. The van der Waals surface area contributed by atoms with Gasteiger partial charge in [-0.2, -0.15) is 0 Å². The van der Waals surface area contributed by atoms with Crippen molar-refractivity contribution >= 4 is 39.0 Å². The summed E-state index contributed by atoms with van der Waals surface area (Å²) < 4.78 is 26.3. The molecule has 0 aliphatic rings. The number of rotatable bonds is 9. The molecule has 0 saturated heterocycles. The molecule has 142 valence electrons. The second kappa shape index (κ2) is 9.55. The van der Waals surface area contributed by atoms with Gasteiger partial charge >= 0.3 is 0 Å². The molecule has 0 aliphatic heterocycles. The van der Waals surface area contributed by atoms with E-state index in [0.29, 0.717) is 30.1 Å². The molecule has 0 N–H and O–H groups in total. The number of sulfonamides is 1. The molecule has 1 aromatic heterocycles. The fourth-order valence-corrected chi connectivity index (χ4v) is 5.24. The van der Waals surface area contributed by atoms with Crippen LogP contribution in [0.25, 0.3) is 0 Å². The summed E-state index contributed by atoms with van der Waals surface area (Å²) in [6, 6.07) is 11.5. The van der Waals surface area contributed by atoms with E-state index in [-0.39, 0.29) is 5.91 Å². The number of amides is 1. The van der Waals surface area contributed by atoms with Crippen LogP contribution < -0.4 is 0 Å². The molecular weight excluding hydrogens is 388 g/mol. The van der Waals surface area contributed by atoms with Gasteiger partial charge in [0, 0.05) is 38.5 Å². The SMILES string of the molecule is CSc1ccc(CN(C)C(=O)CCCN(C)S(=O)(=O)c2cccs2)cc1. The Labute approximate surface area is 164 Å². The molecule has 2 rings (SSSR count). The van der Waals surface area contributed by atoms with Crippen molar-refractivity contribution < 1.29 is 13.2 Å². The van der Waals surface area contributed by atoms with Crippen LogP contribution in [-0.4, -0.2) is 50.4 Å². The van der Waals surface area contributed by atoms with Crippen LogP contribution >= 0.6 is 23.1 Å². The Kier molecular flexibility index (Phi) is 7.69. The topological polar surface area (TPSA) is 57.7 Å². The van der Waals surface area contributed by atoms with Gasteiger partial charge in [0.2, 0.25) is 5.91 Å². The lowest BCUT2D eigenvalue weighted by Gasteiger charge is -2.19. The molecule has 0 spiro atoms. The minimum Gasteiger partial charge on any atom is -0.341 e. The Balaban J connectivity index is 1.80. The van der Waals surface area contributed by atoms with E-state index in [9.17, 15) is 13.2 Å². The third-order valence-electron chi connectivity index (χ3n) is 4.03. The smallest absolute Gasteiger partial charge is 0.252 e. The van der Waals surface area contributed by atoms with Crippen LogP contribution in [0.3, 0.4) is 0 Å². The van der Waals surface area contributed by atoms with E-state index < -0.39 is 10.0 Å². The summed E-state index contributed by atoms with van der Waals surface area (Å²) in [6.45, 7) is 0.874. The average molecular weight is 413 g/mol. The summed E-state index contributed by atoms with van der Waals surface area (Å²) in [5, 5.41) is 1.74. The zero-order valence-corrected chi connectivity index (χ0v) is 17.7. The summed E-state index contributed by atoms with van der Waals surface area (Å²) in [5.74, 6) is 0.0147. The Hall–Kier alpha value is -1.35. The van der Waals surface area contributed by atoms with Crippen molar-refractivity contribution in [1.82, 2.24) is 9.21 Å². The molecule has 2 aromatic rings. The van der Waals surface area contributed by atoms with Crippen molar-refractivity contribution in [3.05, 3.63) is 47.3 Å². The molecule has 26 heavy (non-hydrogen) atoms. The number of hydrogen-bond donors (Lipinski definition) is 0. The highest BCUT2D eigenvalue weighted by Crippen LogP contribution is 2.20. The summed E-state index contributed by atoms with van der Waals surface area (Å²) in [7, 11) is -0.117. The van der Waals surface area contributed by atoms with Crippen LogP contribution in [0.5, 0.6) is 0 Å². The van der Waals surface area contributed by atoms with Crippen LogP contribution in [0.15, 0.2) is 50.9 Å². The number of nitrogens with zero attached hydrogens (tertiary/aromatic N) is 2. The molecule has 0 saturated carbocycles. The van der Waals surface area contributed by atoms with Gasteiger partial charge in [-0.25, -0.2) is 12.7 Å². The first-order valence-electron chi connectivity index (χ1n) is 8.21. The first-order valence-corrected chi connectivity index (χ1v) is 11.8. The van der Waals surface area contributed by atoms with E-state index in [1.54, 1.807) is 48.3 Å². The van der Waals surface area contributed by atoms with Crippen molar-refractivity contribution in [2.45, 2.75) is 28.5 Å². The molecule has 1 heterocycles. The van der Waals surface area contributed by atoms with Gasteiger partial charge in [-0.1, -0.05) is 18.2 Å². The lowest BCUT2D eigenvalue weighted by molar-refractivity contribution is -0.130. The quantitative estimate of drug-likeness (QED) is 0.591. The van der Waals surface area contributed by atoms with Gasteiger partial charge in [-0.3, -0.25) is 4.79 Å². The molecular formula is C18H24N2O3S3. The summed E-state index contributed by atoms with van der Waals surface area (Å²) in [5.41, 5.74) is 1.08. The summed E-state index contributed by atoms with van der Waals surface area (Å²) >= 11 is 2.88. The highest BCUT2D eigenvalue weighted by Gasteiger charge is 2.21. The number of thiophene rings is 1. The van der Waals surface area contributed by atoms with E-state index in [4.69, 9.17) is 0 Å². The van der Waals surface area contributed by atoms with E-state index in [1.807, 2.05) is 30.5 Å². The summed E-state index contributed by atoms with van der Waals surface area (Å²) in [6.07, 6.45) is 2.85. The highest BCUT2D eigenvalue weighted by atomic mass is 32.2. The molecule has 1 aromatic carbocycles. The van der Waals surface area contributed by atoms with Crippen molar-refractivity contribution in [3.63, 3.8) is 0 Å². The van der Waals surface area contributed by atoms with E-state index in [1.165, 1.54) is 20.5 Å². The van der Waals surface area contributed by atoms with Crippen LogP contribution in [-0.2, 0) is 21.4 Å². The van der Waals surface area contributed by atoms with Crippen LogP contribution in [0, 0.1) is 0 Å². The normalized spacial score (nSPS) is 11.7. The molecule has 5 nitrogen and oxygen atoms in total. The molecule has 0 atom stereocenters. The molecule has 0 fully saturated rings. The third-order valence-corrected chi connectivity index (χ3v) is 8.00. The van der Waals surface area contributed by atoms with Gasteiger partial charge in [-0.05, 0) is 41.8 Å². The molecule has 8 heteroatoms. The van der Waals surface area contributed by atoms with Gasteiger partial charge in [0.1, 0.15) is 4.21 Å². The zero-order chi connectivity index (χ0) is 19.2. The van der Waals surface area contributed by atoms with Crippen LogP contribution in [0.1, 0.15) is 18.4 Å². The van der Waals surface area contributed by atoms with Gasteiger partial charge in [-0.15, -0.1) is 23.1 Å². The molecule has 0 aliphatic carbocycles. The maximum atomic E-state index is 12.3. The number of carbonyl (C=O) groups excluding carboxylic acids is 1. The predicted octanol–water partition coefficient (Wildman–Crippen LogP) is 3.53. The maximum Gasteiger partial charge on any atom is 0.252 e. The minimum absolute atomic E-state index is 0.0147. The average Bonchev–Trinajstić information content (AvgIpc) is 3.17. The van der Waals surface area contributed by atoms with Crippen molar-refractivity contribution in [2.24, 2.45) is 0 Å². The molecule has 0 bridgehead atoms. The van der Waals surface area contributed by atoms with Gasteiger partial charge in [0.15, 0.2) is 0 Å². The lowest BCUT2D eigenvalue weighted by Crippen LogP contribution is -2.30. The number of thioether (sulfide) groups is 1. The van der Waals surface area contributed by atoms with E-state index in [2.05, 4.69) is 0 Å². The Bertz CT molecular complexity index is 803. The number of benzene rings is 1. The lowest BCUT2D eigenvalue weighted by atomic mass is 10.2. The van der Waals surface area contributed by atoms with Crippen molar-refractivity contribution in [1.29, 1.82) is 0 Å². The first-order chi connectivity index (χ1) is 12.3. The zero-order valence-electron chi connectivity index (χ0n) is 15.2. The van der Waals surface area contributed by atoms with Crippen LogP contribution in [0.2, 0.25) is 0 Å². The number of carbonyl (C=O) groups is 1. The second-order valence-corrected chi connectivity index (χ2v) is 10.1. The predicted molar refractivity (Wildman–Crippen MR) is 108 cm³/mol. The fraction of sp³-hybridized carbons (Fsp3) is 0.389. The molecule has 1 amide bonds. The molecule has 0 radical (unpaired) electrons. The Morgan fingerprint density at radius 3 is 2.42 bits per heavy atom. The maximum absolute atomic E-state index is 12.3. The van der Waals surface area contributed by atoms with Gasteiger partial charge in [0.05, 0.1) is 0 Å². The second-order valence-electron chi connectivity index (χ2n) is 5.96. The number of hydrogen-bond acceptors (Lipinski definition) is 5. The van der Waals surface area contributed by atoms with E-state index in [0.717, 1.165) is 5.56 Å². The summed E-state index contributed by atoms with van der Waals surface area (Å²) in [4.78, 5) is 15.2. The van der Waals surface area contributed by atoms with Gasteiger partial charge < -0.3 is 4.90 Å². The highest BCUT2D eigenvalue weighted by molar-refractivity contribution is 7.98. The van der Waals surface area contributed by atoms with Gasteiger partial charge in [0.25, 0.3) is 10.0 Å². The van der Waals surface area contributed by atoms with Crippen LogP contribution in [0.4, 0.5) is 0 Å². The van der Waals surface area contributed by atoms with E-state index >= 15 is 0 Å². The minimum atomic E-state index is -3.44. The first kappa shape index (κ1) is 21.0. The third kappa shape index (κ3) is 5.57. The monoisotopic (exact) mass is 412 g/mol. The van der Waals surface area contributed by atoms with Crippen molar-refractivity contribution in [2.75, 3.05) is 26.9 Å².